The Balaban J connectivity index is 2.12. The van der Waals surface area contributed by atoms with Gasteiger partial charge in [-0.05, 0) is 42.5 Å². The average Bonchev–Trinajstić information content (AvgIpc) is 2.31. The molecule has 2 rings (SSSR count). The molecule has 1 radical (unpaired) electrons. The van der Waals surface area contributed by atoms with Gasteiger partial charge in [0, 0.05) is 11.3 Å². The minimum absolute atomic E-state index is 0.144. The van der Waals surface area contributed by atoms with Crippen molar-refractivity contribution in [3.8, 4) is 5.75 Å². The first-order chi connectivity index (χ1) is 7.75. The average molecular weight is 212 g/mol. The van der Waals surface area contributed by atoms with E-state index in [0.717, 1.165) is 5.69 Å². The third kappa shape index (κ3) is 2.39. The van der Waals surface area contributed by atoms with Crippen LogP contribution in [0.15, 0.2) is 48.5 Å². The molecule has 0 aliphatic carbocycles. The number of phenols is 1. The van der Waals surface area contributed by atoms with E-state index in [9.17, 15) is 4.79 Å². The second-order valence-corrected chi connectivity index (χ2v) is 3.29. The van der Waals surface area contributed by atoms with Crippen molar-refractivity contribution in [1.29, 1.82) is 0 Å². The van der Waals surface area contributed by atoms with Gasteiger partial charge in [0.15, 0.2) is 0 Å². The summed E-state index contributed by atoms with van der Waals surface area (Å²) in [6.07, 6.45) is 0. The van der Waals surface area contributed by atoms with Crippen LogP contribution in [0.3, 0.4) is 0 Å². The first-order valence-corrected chi connectivity index (χ1v) is 4.82. The van der Waals surface area contributed by atoms with Gasteiger partial charge >= 0.3 is 0 Å². The summed E-state index contributed by atoms with van der Waals surface area (Å²) in [5.41, 5.74) is 1.22. The maximum absolute atomic E-state index is 11.7. The van der Waals surface area contributed by atoms with Crippen molar-refractivity contribution in [2.45, 2.75) is 0 Å². The summed E-state index contributed by atoms with van der Waals surface area (Å²) in [4.78, 5) is 11.7. The molecule has 0 aliphatic heterocycles. The number of carbonyl (C=O) groups excluding carboxylic acids is 1. The fraction of sp³-hybridized carbons (Fsp3) is 0. The van der Waals surface area contributed by atoms with Gasteiger partial charge in [-0.1, -0.05) is 12.1 Å². The van der Waals surface area contributed by atoms with Gasteiger partial charge in [0.2, 0.25) is 0 Å². The van der Waals surface area contributed by atoms with Crippen molar-refractivity contribution in [2.75, 3.05) is 5.32 Å². The van der Waals surface area contributed by atoms with Crippen LogP contribution in [0.25, 0.3) is 0 Å². The number of rotatable bonds is 2. The van der Waals surface area contributed by atoms with Crippen LogP contribution in [0.1, 0.15) is 10.4 Å². The third-order valence-corrected chi connectivity index (χ3v) is 2.11. The fourth-order valence-electron chi connectivity index (χ4n) is 1.29. The monoisotopic (exact) mass is 212 g/mol. The number of aromatic hydroxyl groups is 1. The van der Waals surface area contributed by atoms with E-state index in [1.165, 1.54) is 12.1 Å². The number of hydrogen-bond acceptors (Lipinski definition) is 2. The second kappa shape index (κ2) is 4.49. The van der Waals surface area contributed by atoms with Gasteiger partial charge in [-0.25, -0.2) is 0 Å². The van der Waals surface area contributed by atoms with E-state index in [1.807, 2.05) is 0 Å². The maximum Gasteiger partial charge on any atom is 0.255 e. The Hall–Kier alpha value is -2.29. The van der Waals surface area contributed by atoms with Crippen molar-refractivity contribution in [3.05, 3.63) is 60.2 Å². The zero-order valence-electron chi connectivity index (χ0n) is 8.47. The van der Waals surface area contributed by atoms with Gasteiger partial charge in [0.25, 0.3) is 5.91 Å². The highest BCUT2D eigenvalue weighted by molar-refractivity contribution is 6.04. The zero-order valence-corrected chi connectivity index (χ0v) is 8.47. The highest BCUT2D eigenvalue weighted by Gasteiger charge is 2.04. The first kappa shape index (κ1) is 10.2. The molecule has 0 aromatic heterocycles. The lowest BCUT2D eigenvalue weighted by atomic mass is 10.2. The highest BCUT2D eigenvalue weighted by atomic mass is 16.3. The Morgan fingerprint density at radius 1 is 1.06 bits per heavy atom. The molecular formula is C13H10NO2. The van der Waals surface area contributed by atoms with Crippen LogP contribution in [0.2, 0.25) is 0 Å². The molecule has 1 amide bonds. The number of amides is 1. The molecule has 0 aliphatic rings. The lowest BCUT2D eigenvalue weighted by Gasteiger charge is -2.04. The van der Waals surface area contributed by atoms with E-state index in [2.05, 4.69) is 11.4 Å². The predicted octanol–water partition coefficient (Wildman–Crippen LogP) is 2.44. The van der Waals surface area contributed by atoms with Crippen LogP contribution in [-0.4, -0.2) is 11.0 Å². The van der Waals surface area contributed by atoms with Crippen LogP contribution < -0.4 is 5.32 Å². The minimum Gasteiger partial charge on any atom is -0.508 e. The number of carbonyl (C=O) groups is 1. The van der Waals surface area contributed by atoms with Crippen molar-refractivity contribution in [3.63, 3.8) is 0 Å². The molecule has 0 atom stereocenters. The molecule has 16 heavy (non-hydrogen) atoms. The van der Waals surface area contributed by atoms with Crippen molar-refractivity contribution in [2.24, 2.45) is 0 Å². The molecule has 2 N–H and O–H groups in total. The Morgan fingerprint density at radius 2 is 1.69 bits per heavy atom. The van der Waals surface area contributed by atoms with Gasteiger partial charge in [0.05, 0.1) is 0 Å². The minimum atomic E-state index is -0.203. The Labute approximate surface area is 93.4 Å². The Bertz CT molecular complexity index is 477. The molecule has 0 fully saturated rings. The summed E-state index contributed by atoms with van der Waals surface area (Å²) >= 11 is 0. The van der Waals surface area contributed by atoms with Gasteiger partial charge < -0.3 is 10.4 Å². The van der Waals surface area contributed by atoms with Crippen molar-refractivity contribution < 1.29 is 9.90 Å². The summed E-state index contributed by atoms with van der Waals surface area (Å²) < 4.78 is 0. The fourth-order valence-corrected chi connectivity index (χ4v) is 1.29. The van der Waals surface area contributed by atoms with Crippen LogP contribution in [0.5, 0.6) is 5.75 Å². The summed E-state index contributed by atoms with van der Waals surface area (Å²) in [5, 5.41) is 11.8. The lowest BCUT2D eigenvalue weighted by Crippen LogP contribution is -2.11. The lowest BCUT2D eigenvalue weighted by molar-refractivity contribution is 0.102. The SMILES string of the molecule is O=C(Nc1cc[c]cc1)c1ccc(O)cc1. The van der Waals surface area contributed by atoms with Crippen molar-refractivity contribution >= 4 is 11.6 Å². The van der Waals surface area contributed by atoms with Gasteiger partial charge in [-0.3, -0.25) is 4.79 Å². The summed E-state index contributed by atoms with van der Waals surface area (Å²) in [6.45, 7) is 0. The molecule has 3 heteroatoms. The topological polar surface area (TPSA) is 49.3 Å². The number of hydrogen-bond donors (Lipinski definition) is 2. The van der Waals surface area contributed by atoms with Gasteiger partial charge in [-0.2, -0.15) is 0 Å². The largest absolute Gasteiger partial charge is 0.508 e. The molecule has 0 unspecified atom stereocenters. The molecule has 2 aromatic rings. The van der Waals surface area contributed by atoms with Crippen LogP contribution >= 0.6 is 0 Å². The smallest absolute Gasteiger partial charge is 0.255 e. The molecule has 0 heterocycles. The highest BCUT2D eigenvalue weighted by Crippen LogP contribution is 2.12. The maximum atomic E-state index is 11.7. The third-order valence-electron chi connectivity index (χ3n) is 2.11. The first-order valence-electron chi connectivity index (χ1n) is 4.82. The van der Waals surface area contributed by atoms with E-state index in [4.69, 9.17) is 5.11 Å². The van der Waals surface area contributed by atoms with Crippen LogP contribution in [0.4, 0.5) is 5.69 Å². The molecule has 2 aromatic carbocycles. The van der Waals surface area contributed by atoms with E-state index >= 15 is 0 Å². The zero-order chi connectivity index (χ0) is 11.4. The van der Waals surface area contributed by atoms with Crippen LogP contribution in [0, 0.1) is 6.07 Å². The van der Waals surface area contributed by atoms with E-state index < -0.39 is 0 Å². The number of phenolic OH excluding ortho intramolecular Hbond substituents is 1. The second-order valence-electron chi connectivity index (χ2n) is 3.29. The molecule has 0 spiro atoms. The predicted molar refractivity (Wildman–Crippen MR) is 61.3 cm³/mol. The normalized spacial score (nSPS) is 9.75. The Morgan fingerprint density at radius 3 is 2.31 bits per heavy atom. The quantitative estimate of drug-likeness (QED) is 0.803. The summed E-state index contributed by atoms with van der Waals surface area (Å²) in [5.74, 6) is -0.0583. The van der Waals surface area contributed by atoms with E-state index in [1.54, 1.807) is 36.4 Å². The number of nitrogens with one attached hydrogen (secondary N) is 1. The molecule has 79 valence electrons. The van der Waals surface area contributed by atoms with Gasteiger partial charge in [-0.15, -0.1) is 0 Å². The number of benzene rings is 2. The van der Waals surface area contributed by atoms with Gasteiger partial charge in [0.1, 0.15) is 5.75 Å². The standard InChI is InChI=1S/C13H10NO2/c15-12-8-6-10(7-9-12)13(16)14-11-4-2-1-3-5-11/h2-9,15H,(H,14,16). The van der Waals surface area contributed by atoms with E-state index in [-0.39, 0.29) is 11.7 Å². The molecule has 0 saturated heterocycles. The molecule has 0 saturated carbocycles. The van der Waals surface area contributed by atoms with E-state index in [0.29, 0.717) is 5.56 Å². The van der Waals surface area contributed by atoms with Crippen molar-refractivity contribution in [1.82, 2.24) is 0 Å². The summed E-state index contributed by atoms with van der Waals surface area (Å²) in [6, 6.07) is 15.9. The molecule has 3 nitrogen and oxygen atoms in total. The molecular weight excluding hydrogens is 202 g/mol. The number of anilines is 1. The Kier molecular flexibility index (Phi) is 2.87. The van der Waals surface area contributed by atoms with Crippen LogP contribution in [-0.2, 0) is 0 Å². The summed E-state index contributed by atoms with van der Waals surface area (Å²) in [7, 11) is 0. The molecule has 0 bridgehead atoms.